The molecule has 0 aliphatic heterocycles. The second-order valence-corrected chi connectivity index (χ2v) is 4.76. The van der Waals surface area contributed by atoms with Crippen LogP contribution in [0.5, 0.6) is 0 Å². The average Bonchev–Trinajstić information content (AvgIpc) is 2.40. The van der Waals surface area contributed by atoms with Crippen molar-refractivity contribution in [1.82, 2.24) is 15.3 Å². The molecule has 4 nitrogen and oxygen atoms in total. The van der Waals surface area contributed by atoms with Gasteiger partial charge in [0, 0.05) is 16.2 Å². The summed E-state index contributed by atoms with van der Waals surface area (Å²) >= 11 is 3.36. The summed E-state index contributed by atoms with van der Waals surface area (Å²) in [6.07, 6.45) is 3.12. The normalized spacial score (nSPS) is 10.1. The van der Waals surface area contributed by atoms with Gasteiger partial charge in [-0.15, -0.1) is 0 Å². The monoisotopic (exact) mass is 305 g/mol. The lowest BCUT2D eigenvalue weighted by Gasteiger charge is -2.07. The van der Waals surface area contributed by atoms with Gasteiger partial charge in [-0.2, -0.15) is 0 Å². The summed E-state index contributed by atoms with van der Waals surface area (Å²) in [6.45, 7) is 2.30. The van der Waals surface area contributed by atoms with E-state index in [1.165, 1.54) is 6.33 Å². The molecule has 18 heavy (non-hydrogen) atoms. The number of aryl methyl sites for hydroxylation is 1. The molecule has 0 radical (unpaired) electrons. The number of halogens is 1. The van der Waals surface area contributed by atoms with Gasteiger partial charge in [-0.05, 0) is 30.7 Å². The van der Waals surface area contributed by atoms with Crippen molar-refractivity contribution in [2.75, 3.05) is 0 Å². The molecule has 0 aliphatic rings. The Hall–Kier alpha value is -1.75. The smallest absolute Gasteiger partial charge is 0.251 e. The van der Waals surface area contributed by atoms with Crippen LogP contribution in [0.2, 0.25) is 0 Å². The van der Waals surface area contributed by atoms with Gasteiger partial charge < -0.3 is 5.32 Å². The lowest BCUT2D eigenvalue weighted by atomic mass is 10.1. The van der Waals surface area contributed by atoms with E-state index in [2.05, 4.69) is 31.2 Å². The van der Waals surface area contributed by atoms with Gasteiger partial charge in [0.25, 0.3) is 5.91 Å². The minimum Gasteiger partial charge on any atom is -0.346 e. The lowest BCUT2D eigenvalue weighted by Crippen LogP contribution is -2.24. The molecule has 0 saturated carbocycles. The maximum Gasteiger partial charge on any atom is 0.251 e. The molecule has 1 aromatic carbocycles. The van der Waals surface area contributed by atoms with E-state index in [0.29, 0.717) is 12.1 Å². The van der Waals surface area contributed by atoms with Gasteiger partial charge >= 0.3 is 0 Å². The molecule has 0 aliphatic carbocycles. The fourth-order valence-electron chi connectivity index (χ4n) is 1.53. The van der Waals surface area contributed by atoms with E-state index in [1.807, 2.05) is 25.1 Å². The zero-order valence-corrected chi connectivity index (χ0v) is 11.4. The number of nitrogens with zero attached hydrogens (tertiary/aromatic N) is 2. The Labute approximate surface area is 114 Å². The molecule has 0 atom stereocenters. The Kier molecular flexibility index (Phi) is 4.04. The number of carbonyl (C=O) groups is 1. The summed E-state index contributed by atoms with van der Waals surface area (Å²) < 4.78 is 0.889. The standard InChI is InChI=1S/C13H12BrN3O/c1-9-2-3-10(14)6-12(9)13(18)16-7-11-4-5-15-8-17-11/h2-6,8H,7H2,1H3,(H,16,18). The Morgan fingerprint density at radius 3 is 2.94 bits per heavy atom. The number of hydrogen-bond acceptors (Lipinski definition) is 3. The van der Waals surface area contributed by atoms with Crippen molar-refractivity contribution in [3.05, 3.63) is 58.1 Å². The maximum absolute atomic E-state index is 12.0. The summed E-state index contributed by atoms with van der Waals surface area (Å²) in [5.41, 5.74) is 2.39. The minimum atomic E-state index is -0.104. The van der Waals surface area contributed by atoms with Crippen LogP contribution < -0.4 is 5.32 Å². The number of benzene rings is 1. The van der Waals surface area contributed by atoms with Gasteiger partial charge in [0.05, 0.1) is 12.2 Å². The van der Waals surface area contributed by atoms with E-state index >= 15 is 0 Å². The van der Waals surface area contributed by atoms with E-state index in [9.17, 15) is 4.79 Å². The fourth-order valence-corrected chi connectivity index (χ4v) is 1.89. The molecule has 5 heteroatoms. The molecule has 0 saturated heterocycles. The number of amides is 1. The third-order valence-electron chi connectivity index (χ3n) is 2.52. The highest BCUT2D eigenvalue weighted by molar-refractivity contribution is 9.10. The van der Waals surface area contributed by atoms with Gasteiger partial charge in [-0.25, -0.2) is 9.97 Å². The molecule has 1 heterocycles. The summed E-state index contributed by atoms with van der Waals surface area (Å²) in [4.78, 5) is 19.9. The molecular weight excluding hydrogens is 294 g/mol. The molecular formula is C13H12BrN3O. The highest BCUT2D eigenvalue weighted by atomic mass is 79.9. The molecule has 1 aromatic heterocycles. The fraction of sp³-hybridized carbons (Fsp3) is 0.154. The van der Waals surface area contributed by atoms with Crippen LogP contribution in [0.15, 0.2) is 41.3 Å². The molecule has 1 N–H and O–H groups in total. The van der Waals surface area contributed by atoms with E-state index in [4.69, 9.17) is 0 Å². The Morgan fingerprint density at radius 2 is 2.22 bits per heavy atom. The number of carbonyl (C=O) groups excluding carboxylic acids is 1. The van der Waals surface area contributed by atoms with Crippen molar-refractivity contribution < 1.29 is 4.79 Å². The molecule has 1 amide bonds. The number of nitrogens with one attached hydrogen (secondary N) is 1. The van der Waals surface area contributed by atoms with Crippen molar-refractivity contribution in [1.29, 1.82) is 0 Å². The van der Waals surface area contributed by atoms with Crippen molar-refractivity contribution in [2.45, 2.75) is 13.5 Å². The predicted octanol–water partition coefficient (Wildman–Crippen LogP) is 2.48. The zero-order chi connectivity index (χ0) is 13.0. The van der Waals surface area contributed by atoms with Gasteiger partial charge in [-0.3, -0.25) is 4.79 Å². The van der Waals surface area contributed by atoms with Crippen molar-refractivity contribution in [2.24, 2.45) is 0 Å². The Bertz CT molecular complexity index is 557. The first-order valence-electron chi connectivity index (χ1n) is 5.46. The topological polar surface area (TPSA) is 54.9 Å². The van der Waals surface area contributed by atoms with Crippen LogP contribution in [0.3, 0.4) is 0 Å². The number of hydrogen-bond donors (Lipinski definition) is 1. The number of aromatic nitrogens is 2. The molecule has 0 bridgehead atoms. The number of rotatable bonds is 3. The van der Waals surface area contributed by atoms with Crippen molar-refractivity contribution >= 4 is 21.8 Å². The third-order valence-corrected chi connectivity index (χ3v) is 3.01. The van der Waals surface area contributed by atoms with Crippen molar-refractivity contribution in [3.8, 4) is 0 Å². The molecule has 0 unspecified atom stereocenters. The largest absolute Gasteiger partial charge is 0.346 e. The zero-order valence-electron chi connectivity index (χ0n) is 9.85. The first-order chi connectivity index (χ1) is 8.66. The van der Waals surface area contributed by atoms with E-state index < -0.39 is 0 Å². The molecule has 92 valence electrons. The van der Waals surface area contributed by atoms with Crippen LogP contribution in [-0.4, -0.2) is 15.9 Å². The van der Waals surface area contributed by atoms with E-state index in [0.717, 1.165) is 15.7 Å². The van der Waals surface area contributed by atoms with Crippen LogP contribution in [0, 0.1) is 6.92 Å². The van der Waals surface area contributed by atoms with E-state index in [1.54, 1.807) is 12.3 Å². The van der Waals surface area contributed by atoms with Crippen LogP contribution in [0.4, 0.5) is 0 Å². The Morgan fingerprint density at radius 1 is 1.39 bits per heavy atom. The quantitative estimate of drug-likeness (QED) is 0.948. The van der Waals surface area contributed by atoms with Gasteiger partial charge in [0.15, 0.2) is 0 Å². The first kappa shape index (κ1) is 12.7. The maximum atomic E-state index is 12.0. The highest BCUT2D eigenvalue weighted by Crippen LogP contribution is 2.15. The van der Waals surface area contributed by atoms with Crippen LogP contribution in [0.25, 0.3) is 0 Å². The van der Waals surface area contributed by atoms with E-state index in [-0.39, 0.29) is 5.91 Å². The third kappa shape index (κ3) is 3.13. The summed E-state index contributed by atoms with van der Waals surface area (Å²) in [5.74, 6) is -0.104. The van der Waals surface area contributed by atoms with Crippen LogP contribution >= 0.6 is 15.9 Å². The lowest BCUT2D eigenvalue weighted by molar-refractivity contribution is 0.0949. The molecule has 2 aromatic rings. The SMILES string of the molecule is Cc1ccc(Br)cc1C(=O)NCc1ccncn1. The van der Waals surface area contributed by atoms with Crippen LogP contribution in [0.1, 0.15) is 21.6 Å². The van der Waals surface area contributed by atoms with Gasteiger partial charge in [0.2, 0.25) is 0 Å². The highest BCUT2D eigenvalue weighted by Gasteiger charge is 2.09. The van der Waals surface area contributed by atoms with Crippen molar-refractivity contribution in [3.63, 3.8) is 0 Å². The van der Waals surface area contributed by atoms with Gasteiger partial charge in [-0.1, -0.05) is 22.0 Å². The average molecular weight is 306 g/mol. The molecule has 0 spiro atoms. The molecule has 0 fully saturated rings. The first-order valence-corrected chi connectivity index (χ1v) is 6.25. The second-order valence-electron chi connectivity index (χ2n) is 3.84. The summed E-state index contributed by atoms with van der Waals surface area (Å²) in [6, 6.07) is 7.40. The summed E-state index contributed by atoms with van der Waals surface area (Å²) in [5, 5.41) is 2.83. The van der Waals surface area contributed by atoms with Crippen LogP contribution in [-0.2, 0) is 6.54 Å². The minimum absolute atomic E-state index is 0.104. The van der Waals surface area contributed by atoms with Gasteiger partial charge in [0.1, 0.15) is 6.33 Å². The summed E-state index contributed by atoms with van der Waals surface area (Å²) in [7, 11) is 0. The predicted molar refractivity (Wildman–Crippen MR) is 72.1 cm³/mol. The Balaban J connectivity index is 2.06. The second kappa shape index (κ2) is 5.73. The molecule has 2 rings (SSSR count).